The average molecular weight is 453 g/mol. The normalized spacial score (nSPS) is 11.9. The smallest absolute Gasteiger partial charge is 0.268 e. The third kappa shape index (κ3) is 4.16. The summed E-state index contributed by atoms with van der Waals surface area (Å²) < 4.78 is 27.9. The summed E-state index contributed by atoms with van der Waals surface area (Å²) in [6.07, 6.45) is 3.71. The maximum absolute atomic E-state index is 13.2. The van der Waals surface area contributed by atoms with E-state index in [0.717, 1.165) is 29.7 Å². The Hall–Kier alpha value is -3.81. The van der Waals surface area contributed by atoms with Crippen LogP contribution >= 0.6 is 0 Å². The van der Waals surface area contributed by atoms with E-state index in [2.05, 4.69) is 17.2 Å². The molecule has 8 nitrogen and oxygen atoms in total. The Balaban J connectivity index is 1.92. The van der Waals surface area contributed by atoms with Crippen molar-refractivity contribution in [3.05, 3.63) is 42.2 Å². The number of hydrogen-bond acceptors (Lipinski definition) is 6. The maximum atomic E-state index is 13.2. The molecule has 0 spiro atoms. The Morgan fingerprint density at radius 1 is 1.03 bits per heavy atom. The van der Waals surface area contributed by atoms with Crippen LogP contribution in [-0.2, 0) is 0 Å². The molecule has 0 atom stereocenters. The number of carbonyl (C=O) groups excluding carboxylic acids is 1. The van der Waals surface area contributed by atoms with Gasteiger partial charge in [-0.15, -0.1) is 0 Å². The molecule has 0 unspecified atom stereocenters. The number of ether oxygens (including phenoxy) is 5. The molecule has 2 N–H and O–H groups in total. The van der Waals surface area contributed by atoms with Gasteiger partial charge >= 0.3 is 0 Å². The summed E-state index contributed by atoms with van der Waals surface area (Å²) in [7, 11) is 4.75. The predicted molar refractivity (Wildman–Crippen MR) is 125 cm³/mol. The highest BCUT2D eigenvalue weighted by Crippen LogP contribution is 2.54. The largest absolute Gasteiger partial charge is 0.497 e. The zero-order valence-electron chi connectivity index (χ0n) is 19.2. The van der Waals surface area contributed by atoms with Gasteiger partial charge < -0.3 is 34.0 Å². The zero-order chi connectivity index (χ0) is 23.4. The Morgan fingerprint density at radius 3 is 2.45 bits per heavy atom. The standard InChI is InChI=1S/C25H28N2O6/c1-5-6-11-26-25(28)21-20(18(13-27-21)15-7-9-16(29-2)10-8-15)17-12-19(30-3)23-24(22(17)31-4)33-14-32-23/h7-10,12-13,27H,5-6,11,14H2,1-4H3,(H,26,28). The molecule has 0 bridgehead atoms. The summed E-state index contributed by atoms with van der Waals surface area (Å²) in [4.78, 5) is 16.3. The van der Waals surface area contributed by atoms with Crippen molar-refractivity contribution in [2.45, 2.75) is 19.8 Å². The van der Waals surface area contributed by atoms with E-state index in [1.165, 1.54) is 0 Å². The fourth-order valence-corrected chi connectivity index (χ4v) is 3.90. The van der Waals surface area contributed by atoms with E-state index in [9.17, 15) is 4.79 Å². The van der Waals surface area contributed by atoms with Gasteiger partial charge in [0.25, 0.3) is 5.91 Å². The number of methoxy groups -OCH3 is 3. The van der Waals surface area contributed by atoms with Crippen molar-refractivity contribution in [1.82, 2.24) is 10.3 Å². The summed E-state index contributed by atoms with van der Waals surface area (Å²) >= 11 is 0. The van der Waals surface area contributed by atoms with Crippen LogP contribution in [0.25, 0.3) is 22.3 Å². The molecule has 174 valence electrons. The van der Waals surface area contributed by atoms with Crippen LogP contribution in [0.15, 0.2) is 36.5 Å². The lowest BCUT2D eigenvalue weighted by Gasteiger charge is -2.16. The third-order valence-corrected chi connectivity index (χ3v) is 5.58. The highest BCUT2D eigenvalue weighted by Gasteiger charge is 2.31. The molecule has 4 rings (SSSR count). The molecule has 0 aliphatic carbocycles. The number of fused-ring (bicyclic) bond motifs is 1. The number of hydrogen-bond donors (Lipinski definition) is 2. The van der Waals surface area contributed by atoms with Crippen LogP contribution in [-0.4, -0.2) is 45.6 Å². The van der Waals surface area contributed by atoms with E-state index in [1.807, 2.05) is 36.5 Å². The zero-order valence-corrected chi connectivity index (χ0v) is 19.2. The summed E-state index contributed by atoms with van der Waals surface area (Å²) in [6.45, 7) is 2.74. The summed E-state index contributed by atoms with van der Waals surface area (Å²) in [5, 5.41) is 2.99. The molecule has 2 heterocycles. The number of H-pyrrole nitrogens is 1. The summed E-state index contributed by atoms with van der Waals surface area (Å²) in [5.41, 5.74) is 3.51. The molecule has 1 amide bonds. The second-order valence-corrected chi connectivity index (χ2v) is 7.51. The molecule has 2 aromatic carbocycles. The number of rotatable bonds is 9. The van der Waals surface area contributed by atoms with Crippen molar-refractivity contribution in [2.24, 2.45) is 0 Å². The van der Waals surface area contributed by atoms with E-state index in [-0.39, 0.29) is 12.7 Å². The minimum atomic E-state index is -0.197. The highest BCUT2D eigenvalue weighted by atomic mass is 16.7. The molecule has 8 heteroatoms. The van der Waals surface area contributed by atoms with Gasteiger partial charge in [0.2, 0.25) is 18.3 Å². The molecular formula is C25H28N2O6. The van der Waals surface area contributed by atoms with Crippen LogP contribution in [0.1, 0.15) is 30.3 Å². The average Bonchev–Trinajstić information content (AvgIpc) is 3.51. The minimum absolute atomic E-state index is 0.0638. The van der Waals surface area contributed by atoms with Crippen LogP contribution in [0.2, 0.25) is 0 Å². The third-order valence-electron chi connectivity index (χ3n) is 5.58. The highest BCUT2D eigenvalue weighted by molar-refractivity contribution is 6.05. The monoisotopic (exact) mass is 452 g/mol. The molecule has 0 saturated heterocycles. The molecule has 0 saturated carbocycles. The second-order valence-electron chi connectivity index (χ2n) is 7.51. The minimum Gasteiger partial charge on any atom is -0.497 e. The van der Waals surface area contributed by atoms with E-state index in [0.29, 0.717) is 46.4 Å². The van der Waals surface area contributed by atoms with Crippen molar-refractivity contribution < 1.29 is 28.5 Å². The van der Waals surface area contributed by atoms with Gasteiger partial charge in [0.15, 0.2) is 11.5 Å². The Labute approximate surface area is 192 Å². The number of benzene rings is 2. The molecule has 1 aliphatic rings. The van der Waals surface area contributed by atoms with Crippen molar-refractivity contribution >= 4 is 5.91 Å². The molecule has 0 fully saturated rings. The quantitative estimate of drug-likeness (QED) is 0.460. The summed E-state index contributed by atoms with van der Waals surface area (Å²) in [5.74, 6) is 2.45. The fourth-order valence-electron chi connectivity index (χ4n) is 3.90. The topological polar surface area (TPSA) is 91.0 Å². The van der Waals surface area contributed by atoms with Crippen molar-refractivity contribution in [3.8, 4) is 51.0 Å². The van der Waals surface area contributed by atoms with Gasteiger partial charge in [0, 0.05) is 29.4 Å². The van der Waals surface area contributed by atoms with E-state index < -0.39 is 0 Å². The van der Waals surface area contributed by atoms with Gasteiger partial charge in [-0.25, -0.2) is 0 Å². The number of aromatic nitrogens is 1. The van der Waals surface area contributed by atoms with Gasteiger partial charge in [0.05, 0.1) is 21.3 Å². The van der Waals surface area contributed by atoms with Crippen molar-refractivity contribution in [2.75, 3.05) is 34.7 Å². The predicted octanol–water partition coefficient (Wildman–Crippen LogP) is 4.63. The lowest BCUT2D eigenvalue weighted by atomic mass is 9.94. The number of nitrogens with one attached hydrogen (secondary N) is 2. The Bertz CT molecular complexity index is 1140. The van der Waals surface area contributed by atoms with Gasteiger partial charge in [-0.2, -0.15) is 0 Å². The van der Waals surface area contributed by atoms with E-state index in [1.54, 1.807) is 21.3 Å². The van der Waals surface area contributed by atoms with Gasteiger partial charge in [-0.05, 0) is 30.2 Å². The van der Waals surface area contributed by atoms with Crippen LogP contribution in [0.4, 0.5) is 0 Å². The molecule has 0 radical (unpaired) electrons. The lowest BCUT2D eigenvalue weighted by molar-refractivity contribution is 0.0949. The van der Waals surface area contributed by atoms with E-state index >= 15 is 0 Å². The molecule has 33 heavy (non-hydrogen) atoms. The first-order valence-corrected chi connectivity index (χ1v) is 10.8. The first-order valence-electron chi connectivity index (χ1n) is 10.8. The molecule has 1 aromatic heterocycles. The SMILES string of the molecule is CCCCNC(=O)c1[nH]cc(-c2ccc(OC)cc2)c1-c1cc(OC)c2c(c1OC)OCO2. The van der Waals surface area contributed by atoms with Crippen LogP contribution in [0.5, 0.6) is 28.7 Å². The van der Waals surface area contributed by atoms with Gasteiger partial charge in [-0.3, -0.25) is 4.79 Å². The van der Waals surface area contributed by atoms with Crippen molar-refractivity contribution in [3.63, 3.8) is 0 Å². The maximum Gasteiger partial charge on any atom is 0.268 e. The van der Waals surface area contributed by atoms with Crippen molar-refractivity contribution in [1.29, 1.82) is 0 Å². The number of aromatic amines is 1. The fraction of sp³-hybridized carbons (Fsp3) is 0.320. The number of carbonyl (C=O) groups is 1. The van der Waals surface area contributed by atoms with Crippen LogP contribution < -0.4 is 29.0 Å². The Kier molecular flexibility index (Phi) is 6.63. The van der Waals surface area contributed by atoms with Gasteiger partial charge in [-0.1, -0.05) is 25.5 Å². The molecule has 3 aromatic rings. The lowest BCUT2D eigenvalue weighted by Crippen LogP contribution is -2.25. The Morgan fingerprint density at radius 2 is 1.79 bits per heavy atom. The molecular weight excluding hydrogens is 424 g/mol. The van der Waals surface area contributed by atoms with E-state index in [4.69, 9.17) is 23.7 Å². The van der Waals surface area contributed by atoms with Crippen LogP contribution in [0, 0.1) is 0 Å². The second kappa shape index (κ2) is 9.77. The first-order chi connectivity index (χ1) is 16.1. The number of unbranched alkanes of at least 4 members (excludes halogenated alkanes) is 1. The molecule has 1 aliphatic heterocycles. The first kappa shape index (κ1) is 22.4. The number of amides is 1. The summed E-state index contributed by atoms with van der Waals surface area (Å²) in [6, 6.07) is 9.46. The van der Waals surface area contributed by atoms with Crippen LogP contribution in [0.3, 0.4) is 0 Å². The van der Waals surface area contributed by atoms with Gasteiger partial charge in [0.1, 0.15) is 11.4 Å².